The number of amides is 1. The second-order valence-electron chi connectivity index (χ2n) is 8.39. The Bertz CT molecular complexity index is 1200. The molecule has 9 heteroatoms. The van der Waals surface area contributed by atoms with Crippen LogP contribution in [0.15, 0.2) is 47.6 Å². The molecule has 0 aliphatic carbocycles. The molecular weight excluding hydrogens is 414 g/mol. The van der Waals surface area contributed by atoms with Crippen molar-refractivity contribution in [2.75, 3.05) is 18.4 Å². The van der Waals surface area contributed by atoms with Crippen LogP contribution in [0.4, 0.5) is 5.69 Å². The summed E-state index contributed by atoms with van der Waals surface area (Å²) < 4.78 is 30.1. The van der Waals surface area contributed by atoms with Gasteiger partial charge in [-0.05, 0) is 42.7 Å². The summed E-state index contributed by atoms with van der Waals surface area (Å²) in [5, 5.41) is 2.65. The van der Waals surface area contributed by atoms with Gasteiger partial charge in [0.25, 0.3) is 0 Å². The quantitative estimate of drug-likeness (QED) is 0.633. The van der Waals surface area contributed by atoms with Crippen molar-refractivity contribution in [2.24, 2.45) is 5.92 Å². The summed E-state index contributed by atoms with van der Waals surface area (Å²) >= 11 is 0. The Balaban J connectivity index is 1.58. The van der Waals surface area contributed by atoms with Gasteiger partial charge in [-0.15, -0.1) is 0 Å². The highest BCUT2D eigenvalue weighted by molar-refractivity contribution is 7.89. The van der Waals surface area contributed by atoms with Gasteiger partial charge in [0.2, 0.25) is 15.9 Å². The Morgan fingerprint density at radius 3 is 2.65 bits per heavy atom. The van der Waals surface area contributed by atoms with E-state index in [1.807, 2.05) is 12.3 Å². The molecule has 3 aromatic rings. The second kappa shape index (κ2) is 8.39. The van der Waals surface area contributed by atoms with Gasteiger partial charge in [-0.1, -0.05) is 13.8 Å². The van der Waals surface area contributed by atoms with Gasteiger partial charge < -0.3 is 9.88 Å². The highest BCUT2D eigenvalue weighted by Crippen LogP contribution is 2.33. The zero-order chi connectivity index (χ0) is 22.2. The van der Waals surface area contributed by atoms with Crippen molar-refractivity contribution in [1.29, 1.82) is 0 Å². The summed E-state index contributed by atoms with van der Waals surface area (Å²) in [5.41, 5.74) is 2.45. The molecule has 1 aliphatic rings. The number of carbonyl (C=O) groups is 1. The highest BCUT2D eigenvalue weighted by atomic mass is 32.2. The molecule has 1 aliphatic heterocycles. The number of pyridine rings is 1. The number of anilines is 1. The van der Waals surface area contributed by atoms with Gasteiger partial charge in [-0.2, -0.15) is 4.31 Å². The maximum atomic E-state index is 13.2. The molecule has 8 nitrogen and oxygen atoms in total. The lowest BCUT2D eigenvalue weighted by Crippen LogP contribution is -2.29. The molecule has 0 saturated carbocycles. The minimum atomic E-state index is -3.62. The van der Waals surface area contributed by atoms with Gasteiger partial charge in [0.05, 0.1) is 22.1 Å². The number of hydrogen-bond donors (Lipinski definition) is 1. The van der Waals surface area contributed by atoms with Crippen LogP contribution in [0, 0.1) is 5.92 Å². The number of nitrogens with zero attached hydrogens (tertiary/aromatic N) is 4. The number of hydrogen-bond acceptors (Lipinski definition) is 5. The van der Waals surface area contributed by atoms with Crippen molar-refractivity contribution in [1.82, 2.24) is 18.8 Å². The molecule has 1 fully saturated rings. The summed E-state index contributed by atoms with van der Waals surface area (Å²) in [5.74, 6) is 1.19. The average molecular weight is 442 g/mol. The van der Waals surface area contributed by atoms with Crippen molar-refractivity contribution in [2.45, 2.75) is 44.6 Å². The third kappa shape index (κ3) is 4.33. The van der Waals surface area contributed by atoms with E-state index in [1.54, 1.807) is 18.3 Å². The van der Waals surface area contributed by atoms with E-state index >= 15 is 0 Å². The van der Waals surface area contributed by atoms with Crippen molar-refractivity contribution in [3.63, 3.8) is 0 Å². The molecule has 31 heavy (non-hydrogen) atoms. The topological polar surface area (TPSA) is 97.2 Å². The van der Waals surface area contributed by atoms with Gasteiger partial charge in [-0.3, -0.25) is 9.78 Å². The predicted molar refractivity (Wildman–Crippen MR) is 119 cm³/mol. The van der Waals surface area contributed by atoms with E-state index in [2.05, 4.69) is 28.7 Å². The molecule has 0 spiro atoms. The number of benzene rings is 1. The summed E-state index contributed by atoms with van der Waals surface area (Å²) in [4.78, 5) is 20.5. The number of rotatable bonds is 6. The third-order valence-corrected chi connectivity index (χ3v) is 7.34. The van der Waals surface area contributed by atoms with Crippen LogP contribution in [0.3, 0.4) is 0 Å². The predicted octanol–water partition coefficient (Wildman–Crippen LogP) is 3.22. The summed E-state index contributed by atoms with van der Waals surface area (Å²) in [6, 6.07) is 8.19. The largest absolute Gasteiger partial charge is 0.326 e. The van der Waals surface area contributed by atoms with Crippen molar-refractivity contribution >= 4 is 32.7 Å². The maximum absolute atomic E-state index is 13.2. The molecule has 1 aromatic carbocycles. The fourth-order valence-electron chi connectivity index (χ4n) is 4.08. The SMILES string of the molecule is CC(=O)Nc1ccc(S(=O)(=O)N2CC[C@H](c3nc4ccncc4n3CC(C)C)C2)cc1. The van der Waals surface area contributed by atoms with Gasteiger partial charge >= 0.3 is 0 Å². The number of aromatic nitrogens is 3. The van der Waals surface area contributed by atoms with Crippen LogP contribution < -0.4 is 5.32 Å². The van der Waals surface area contributed by atoms with Crippen molar-refractivity contribution < 1.29 is 13.2 Å². The van der Waals surface area contributed by atoms with Crippen molar-refractivity contribution in [3.8, 4) is 0 Å². The number of nitrogens with one attached hydrogen (secondary N) is 1. The van der Waals surface area contributed by atoms with Crippen LogP contribution >= 0.6 is 0 Å². The third-order valence-electron chi connectivity index (χ3n) is 5.46. The summed E-state index contributed by atoms with van der Waals surface area (Å²) in [6.45, 7) is 7.38. The average Bonchev–Trinajstić information content (AvgIpc) is 3.33. The zero-order valence-corrected chi connectivity index (χ0v) is 18.8. The fraction of sp³-hybridized carbons (Fsp3) is 0.409. The lowest BCUT2D eigenvalue weighted by atomic mass is 10.1. The summed E-state index contributed by atoms with van der Waals surface area (Å²) in [6.07, 6.45) is 4.28. The molecular formula is C22H27N5O3S. The van der Waals surface area contributed by atoms with Crippen LogP contribution in [-0.4, -0.2) is 46.3 Å². The van der Waals surface area contributed by atoms with E-state index in [0.29, 0.717) is 24.7 Å². The number of sulfonamides is 1. The Kier molecular flexibility index (Phi) is 5.81. The molecule has 2 aromatic heterocycles. The minimum Gasteiger partial charge on any atom is -0.326 e. The van der Waals surface area contributed by atoms with E-state index < -0.39 is 10.0 Å². The van der Waals surface area contributed by atoms with Crippen LogP contribution in [0.1, 0.15) is 38.9 Å². The molecule has 1 atom stereocenters. The number of imidazole rings is 1. The molecule has 0 unspecified atom stereocenters. The lowest BCUT2D eigenvalue weighted by Gasteiger charge is -2.18. The Hall–Kier alpha value is -2.78. The Morgan fingerprint density at radius 1 is 1.23 bits per heavy atom. The van der Waals surface area contributed by atoms with E-state index in [9.17, 15) is 13.2 Å². The van der Waals surface area contributed by atoms with Gasteiger partial charge in [0, 0.05) is 44.4 Å². The normalized spacial score (nSPS) is 17.5. The maximum Gasteiger partial charge on any atom is 0.243 e. The first-order valence-electron chi connectivity index (χ1n) is 10.4. The van der Waals surface area contributed by atoms with Gasteiger partial charge in [0.1, 0.15) is 5.82 Å². The molecule has 1 saturated heterocycles. The standard InChI is InChI=1S/C22H27N5O3S/c1-15(2)13-27-21-12-23-10-8-20(21)25-22(27)17-9-11-26(14-17)31(29,30)19-6-4-18(5-7-19)24-16(3)28/h4-8,10,12,15,17H,9,11,13-14H2,1-3H3,(H,24,28)/t17-/m0/s1. The molecule has 1 amide bonds. The molecule has 3 heterocycles. The molecule has 0 bridgehead atoms. The Labute approximate surface area is 182 Å². The number of carbonyl (C=O) groups excluding carboxylic acids is 1. The van der Waals surface area contributed by atoms with Crippen LogP contribution in [0.5, 0.6) is 0 Å². The van der Waals surface area contributed by atoms with Gasteiger partial charge in [0.15, 0.2) is 0 Å². The Morgan fingerprint density at radius 2 is 1.97 bits per heavy atom. The molecule has 1 N–H and O–H groups in total. The monoisotopic (exact) mass is 441 g/mol. The molecule has 4 rings (SSSR count). The first-order chi connectivity index (χ1) is 14.8. The number of fused-ring (bicyclic) bond motifs is 1. The minimum absolute atomic E-state index is 0.0274. The summed E-state index contributed by atoms with van der Waals surface area (Å²) in [7, 11) is -3.62. The van der Waals surface area contributed by atoms with Crippen molar-refractivity contribution in [3.05, 3.63) is 48.5 Å². The van der Waals surface area contributed by atoms with E-state index in [0.717, 1.165) is 29.8 Å². The van der Waals surface area contributed by atoms with Crippen LogP contribution in [0.2, 0.25) is 0 Å². The van der Waals surface area contributed by atoms with E-state index in [1.165, 1.54) is 23.4 Å². The lowest BCUT2D eigenvalue weighted by molar-refractivity contribution is -0.114. The van der Waals surface area contributed by atoms with Crippen LogP contribution in [-0.2, 0) is 21.4 Å². The zero-order valence-electron chi connectivity index (χ0n) is 17.9. The molecule has 164 valence electrons. The molecule has 0 radical (unpaired) electrons. The smallest absolute Gasteiger partial charge is 0.243 e. The van der Waals surface area contributed by atoms with E-state index in [4.69, 9.17) is 4.98 Å². The van der Waals surface area contributed by atoms with E-state index in [-0.39, 0.29) is 16.7 Å². The first-order valence-corrected chi connectivity index (χ1v) is 11.9. The van der Waals surface area contributed by atoms with Crippen LogP contribution in [0.25, 0.3) is 11.0 Å². The second-order valence-corrected chi connectivity index (χ2v) is 10.3. The first kappa shape index (κ1) is 21.5. The fourth-order valence-corrected chi connectivity index (χ4v) is 5.58. The van der Waals surface area contributed by atoms with Gasteiger partial charge in [-0.25, -0.2) is 13.4 Å². The highest BCUT2D eigenvalue weighted by Gasteiger charge is 2.35.